The molecule has 0 bridgehead atoms. The van der Waals surface area contributed by atoms with E-state index in [0.29, 0.717) is 0 Å². The first-order chi connectivity index (χ1) is 6.11. The van der Waals surface area contributed by atoms with Crippen LogP contribution < -0.4 is 0 Å². The van der Waals surface area contributed by atoms with Crippen LogP contribution in [0.3, 0.4) is 0 Å². The summed E-state index contributed by atoms with van der Waals surface area (Å²) in [7, 11) is 0. The van der Waals surface area contributed by atoms with E-state index in [-0.39, 0.29) is 6.42 Å². The number of aliphatic hydroxyl groups is 1. The molecule has 0 spiro atoms. The number of carboxylic acid groups (broad SMARTS) is 1. The molecule has 0 amide bonds. The Morgan fingerprint density at radius 2 is 1.86 bits per heavy atom. The van der Waals surface area contributed by atoms with Crippen molar-refractivity contribution in [1.29, 1.82) is 0 Å². The molecule has 0 heterocycles. The van der Waals surface area contributed by atoms with E-state index in [9.17, 15) is 18.7 Å². The number of hydrogen-bond acceptors (Lipinski definition) is 2. The highest BCUT2D eigenvalue weighted by Crippen LogP contribution is 2.53. The van der Waals surface area contributed by atoms with Crippen molar-refractivity contribution in [2.75, 3.05) is 0 Å². The molecule has 0 saturated heterocycles. The zero-order valence-electron chi connectivity index (χ0n) is 8.18. The summed E-state index contributed by atoms with van der Waals surface area (Å²) < 4.78 is 25.9. The van der Waals surface area contributed by atoms with Gasteiger partial charge in [0.15, 0.2) is 0 Å². The van der Waals surface area contributed by atoms with E-state index >= 15 is 0 Å². The highest BCUT2D eigenvalue weighted by atomic mass is 19.3. The van der Waals surface area contributed by atoms with Crippen LogP contribution in [0.1, 0.15) is 33.1 Å². The first-order valence-electron chi connectivity index (χ1n) is 4.44. The summed E-state index contributed by atoms with van der Waals surface area (Å²) in [6, 6.07) is 0. The number of hydrogen-bond donors (Lipinski definition) is 2. The lowest BCUT2D eigenvalue weighted by Crippen LogP contribution is -2.48. The minimum absolute atomic E-state index is 0.182. The number of rotatable bonds is 2. The molecule has 1 aliphatic carbocycles. The maximum atomic E-state index is 13.0. The summed E-state index contributed by atoms with van der Waals surface area (Å²) in [6.07, 6.45) is -1.43. The first kappa shape index (κ1) is 11.4. The molecular weight excluding hydrogens is 194 g/mol. The number of halogens is 2. The van der Waals surface area contributed by atoms with Crippen molar-refractivity contribution in [3.8, 4) is 0 Å². The van der Waals surface area contributed by atoms with E-state index in [1.165, 1.54) is 13.8 Å². The van der Waals surface area contributed by atoms with E-state index in [4.69, 9.17) is 5.11 Å². The normalized spacial score (nSPS) is 31.8. The first-order valence-corrected chi connectivity index (χ1v) is 4.44. The average molecular weight is 208 g/mol. The fourth-order valence-corrected chi connectivity index (χ4v) is 1.98. The van der Waals surface area contributed by atoms with E-state index in [0.717, 1.165) is 0 Å². The molecule has 1 unspecified atom stereocenters. The van der Waals surface area contributed by atoms with Crippen LogP contribution in [0.2, 0.25) is 0 Å². The molecule has 0 aliphatic heterocycles. The quantitative estimate of drug-likeness (QED) is 0.725. The fraction of sp³-hybridized carbons (Fsp3) is 0.889. The Kier molecular flexibility index (Phi) is 2.34. The number of carbonyl (C=O) groups is 1. The SMILES string of the molecule is CC(C)(O)C1(C(=O)O)CCC(F)(F)C1. The molecule has 1 aliphatic rings. The van der Waals surface area contributed by atoms with Crippen molar-refractivity contribution in [2.24, 2.45) is 5.41 Å². The topological polar surface area (TPSA) is 57.5 Å². The third kappa shape index (κ3) is 1.61. The van der Waals surface area contributed by atoms with Crippen molar-refractivity contribution >= 4 is 5.97 Å². The summed E-state index contributed by atoms with van der Waals surface area (Å²) in [6.45, 7) is 2.53. The Labute approximate surface area is 80.7 Å². The Balaban J connectivity index is 3.05. The summed E-state index contributed by atoms with van der Waals surface area (Å²) in [5.41, 5.74) is -3.34. The molecule has 0 aromatic rings. The lowest BCUT2D eigenvalue weighted by atomic mass is 9.72. The third-order valence-corrected chi connectivity index (χ3v) is 3.06. The predicted octanol–water partition coefficient (Wildman–Crippen LogP) is 1.65. The molecule has 1 fully saturated rings. The molecule has 1 saturated carbocycles. The lowest BCUT2D eigenvalue weighted by Gasteiger charge is -2.36. The van der Waals surface area contributed by atoms with Gasteiger partial charge in [-0.05, 0) is 20.3 Å². The van der Waals surface area contributed by atoms with Crippen molar-refractivity contribution in [1.82, 2.24) is 0 Å². The smallest absolute Gasteiger partial charge is 0.312 e. The van der Waals surface area contributed by atoms with Gasteiger partial charge in [-0.2, -0.15) is 0 Å². The Hall–Kier alpha value is -0.710. The van der Waals surface area contributed by atoms with Gasteiger partial charge in [0.25, 0.3) is 0 Å². The molecule has 0 radical (unpaired) electrons. The van der Waals surface area contributed by atoms with Crippen LogP contribution in [0.4, 0.5) is 8.78 Å². The number of carboxylic acids is 1. The summed E-state index contributed by atoms with van der Waals surface area (Å²) in [5.74, 6) is -4.32. The van der Waals surface area contributed by atoms with E-state index in [1.807, 2.05) is 0 Å². The van der Waals surface area contributed by atoms with E-state index in [1.54, 1.807) is 0 Å². The molecule has 5 heteroatoms. The van der Waals surface area contributed by atoms with Gasteiger partial charge in [0, 0.05) is 12.8 Å². The predicted molar refractivity (Wildman–Crippen MR) is 45.2 cm³/mol. The second kappa shape index (κ2) is 2.89. The molecular formula is C9H14F2O3. The maximum absolute atomic E-state index is 13.0. The molecule has 2 N–H and O–H groups in total. The van der Waals surface area contributed by atoms with Gasteiger partial charge in [0.2, 0.25) is 5.92 Å². The van der Waals surface area contributed by atoms with Gasteiger partial charge in [-0.1, -0.05) is 0 Å². The number of alkyl halides is 2. The molecule has 1 rings (SSSR count). The molecule has 0 aromatic carbocycles. The van der Waals surface area contributed by atoms with Gasteiger partial charge in [-0.3, -0.25) is 4.79 Å². The van der Waals surface area contributed by atoms with Crippen LogP contribution in [-0.2, 0) is 4.79 Å². The lowest BCUT2D eigenvalue weighted by molar-refractivity contribution is -0.168. The zero-order valence-corrected chi connectivity index (χ0v) is 8.18. The van der Waals surface area contributed by atoms with Crippen molar-refractivity contribution in [3.05, 3.63) is 0 Å². The van der Waals surface area contributed by atoms with E-state index in [2.05, 4.69) is 0 Å². The van der Waals surface area contributed by atoms with Crippen molar-refractivity contribution in [3.63, 3.8) is 0 Å². The minimum atomic E-state index is -2.97. The molecule has 1 atom stereocenters. The van der Waals surface area contributed by atoms with Gasteiger partial charge >= 0.3 is 5.97 Å². The van der Waals surface area contributed by atoms with Gasteiger partial charge in [-0.15, -0.1) is 0 Å². The van der Waals surface area contributed by atoms with Gasteiger partial charge in [-0.25, -0.2) is 8.78 Å². The van der Waals surface area contributed by atoms with Gasteiger partial charge < -0.3 is 10.2 Å². The largest absolute Gasteiger partial charge is 0.481 e. The standard InChI is InChI=1S/C9H14F2O3/c1-7(2,14)8(6(12)13)3-4-9(10,11)5-8/h14H,3-5H2,1-2H3,(H,12,13). The fourth-order valence-electron chi connectivity index (χ4n) is 1.98. The van der Waals surface area contributed by atoms with Crippen molar-refractivity contribution in [2.45, 2.75) is 44.6 Å². The molecule has 14 heavy (non-hydrogen) atoms. The van der Waals surface area contributed by atoms with Gasteiger partial charge in [0.1, 0.15) is 5.41 Å². The van der Waals surface area contributed by atoms with Crippen LogP contribution in [-0.4, -0.2) is 27.7 Å². The Morgan fingerprint density at radius 3 is 2.00 bits per heavy atom. The van der Waals surface area contributed by atoms with E-state index < -0.39 is 35.7 Å². The maximum Gasteiger partial charge on any atom is 0.312 e. The van der Waals surface area contributed by atoms with Crippen LogP contribution >= 0.6 is 0 Å². The highest BCUT2D eigenvalue weighted by molar-refractivity contribution is 5.76. The van der Waals surface area contributed by atoms with Crippen LogP contribution in [0.15, 0.2) is 0 Å². The molecule has 82 valence electrons. The zero-order chi connectivity index (χ0) is 11.2. The van der Waals surface area contributed by atoms with Crippen LogP contribution in [0.5, 0.6) is 0 Å². The minimum Gasteiger partial charge on any atom is -0.481 e. The van der Waals surface area contributed by atoms with Crippen molar-refractivity contribution < 1.29 is 23.8 Å². The Morgan fingerprint density at radius 1 is 1.36 bits per heavy atom. The second-order valence-electron chi connectivity index (χ2n) is 4.48. The second-order valence-corrected chi connectivity index (χ2v) is 4.48. The monoisotopic (exact) mass is 208 g/mol. The molecule has 0 aromatic heterocycles. The van der Waals surface area contributed by atoms with Gasteiger partial charge in [0.05, 0.1) is 5.60 Å². The van der Waals surface area contributed by atoms with Crippen LogP contribution in [0.25, 0.3) is 0 Å². The summed E-state index contributed by atoms with van der Waals surface area (Å²) >= 11 is 0. The third-order valence-electron chi connectivity index (χ3n) is 3.06. The number of aliphatic carboxylic acids is 1. The Bertz CT molecular complexity index is 257. The summed E-state index contributed by atoms with van der Waals surface area (Å²) in [4.78, 5) is 11.0. The molecule has 3 nitrogen and oxygen atoms in total. The van der Waals surface area contributed by atoms with Crippen LogP contribution in [0, 0.1) is 5.41 Å². The highest BCUT2D eigenvalue weighted by Gasteiger charge is 2.60. The average Bonchev–Trinajstić information content (AvgIpc) is 2.25. The summed E-state index contributed by atoms with van der Waals surface area (Å²) in [5, 5.41) is 18.6.